The van der Waals surface area contributed by atoms with Gasteiger partial charge in [-0.05, 0) is 18.3 Å². The van der Waals surface area contributed by atoms with Gasteiger partial charge in [-0.3, -0.25) is 4.57 Å². The van der Waals surface area contributed by atoms with Gasteiger partial charge in [0.25, 0.3) is 0 Å². The summed E-state index contributed by atoms with van der Waals surface area (Å²) in [5, 5.41) is 0. The lowest BCUT2D eigenvalue weighted by Crippen LogP contribution is -2.03. The summed E-state index contributed by atoms with van der Waals surface area (Å²) in [6.07, 6.45) is 14.8. The first-order valence-electron chi connectivity index (χ1n) is 8.75. The average Bonchev–Trinajstić information content (AvgIpc) is 2.32. The molecule has 0 rings (SSSR count). The summed E-state index contributed by atoms with van der Waals surface area (Å²) in [6.45, 7) is 6.94. The van der Waals surface area contributed by atoms with Crippen LogP contribution in [-0.2, 0) is 4.57 Å². The minimum absolute atomic E-state index is 0.0571. The summed E-state index contributed by atoms with van der Waals surface area (Å²) in [5.41, 5.74) is 0.486. The van der Waals surface area contributed by atoms with Gasteiger partial charge in [-0.1, -0.05) is 85.0 Å². The monoisotopic (exact) mass is 320 g/mol. The lowest BCUT2D eigenvalue weighted by Gasteiger charge is -2.17. The van der Waals surface area contributed by atoms with Crippen LogP contribution < -0.4 is 0 Å². The molecule has 0 heterocycles. The Hall–Kier alpha value is 0.150. The van der Waals surface area contributed by atoms with Crippen LogP contribution in [0, 0.1) is 5.41 Å². The van der Waals surface area contributed by atoms with Gasteiger partial charge in [-0.15, -0.1) is 0 Å². The van der Waals surface area contributed by atoms with E-state index in [2.05, 4.69) is 20.8 Å². The van der Waals surface area contributed by atoms with Crippen molar-refractivity contribution in [2.75, 3.05) is 6.16 Å². The minimum atomic E-state index is -3.76. The number of hydrogen-bond acceptors (Lipinski definition) is 1. The van der Waals surface area contributed by atoms with Crippen molar-refractivity contribution in [2.45, 2.75) is 97.8 Å². The second-order valence-electron chi connectivity index (χ2n) is 7.59. The van der Waals surface area contributed by atoms with Crippen LogP contribution in [0.2, 0.25) is 0 Å². The van der Waals surface area contributed by atoms with E-state index in [-0.39, 0.29) is 6.16 Å². The Morgan fingerprint density at radius 1 is 0.667 bits per heavy atom. The summed E-state index contributed by atoms with van der Waals surface area (Å²) in [6, 6.07) is 0. The van der Waals surface area contributed by atoms with Crippen LogP contribution >= 0.6 is 7.60 Å². The van der Waals surface area contributed by atoms with Crippen LogP contribution in [0.5, 0.6) is 0 Å². The first-order valence-corrected chi connectivity index (χ1v) is 10.5. The van der Waals surface area contributed by atoms with E-state index >= 15 is 0 Å². The van der Waals surface area contributed by atoms with Gasteiger partial charge in [-0.25, -0.2) is 0 Å². The molecule has 0 amide bonds. The molecule has 0 bridgehead atoms. The molecule has 3 nitrogen and oxygen atoms in total. The van der Waals surface area contributed by atoms with Gasteiger partial charge in [0.15, 0.2) is 0 Å². The summed E-state index contributed by atoms with van der Waals surface area (Å²) in [4.78, 5) is 17.5. The van der Waals surface area contributed by atoms with Crippen molar-refractivity contribution < 1.29 is 14.4 Å². The Bertz CT molecular complexity index is 278. The molecule has 0 saturated carbocycles. The first-order chi connectivity index (χ1) is 9.71. The van der Waals surface area contributed by atoms with Crippen molar-refractivity contribution in [2.24, 2.45) is 5.41 Å². The van der Waals surface area contributed by atoms with E-state index in [1.807, 2.05) is 0 Å². The van der Waals surface area contributed by atoms with Crippen molar-refractivity contribution in [3.05, 3.63) is 0 Å². The lowest BCUT2D eigenvalue weighted by molar-refractivity contribution is 0.356. The third-order valence-electron chi connectivity index (χ3n) is 3.88. The van der Waals surface area contributed by atoms with Crippen molar-refractivity contribution in [1.82, 2.24) is 0 Å². The Kier molecular flexibility index (Phi) is 11.8. The molecule has 2 N–H and O–H groups in total. The molecular formula is C17H37O3P. The largest absolute Gasteiger partial charge is 0.325 e. The molecule has 0 radical (unpaired) electrons. The van der Waals surface area contributed by atoms with Crippen LogP contribution in [0.3, 0.4) is 0 Å². The Morgan fingerprint density at radius 3 is 1.33 bits per heavy atom. The predicted octanol–water partition coefficient (Wildman–Crippen LogP) is 5.89. The zero-order valence-electron chi connectivity index (χ0n) is 14.4. The summed E-state index contributed by atoms with van der Waals surface area (Å²) in [7, 11) is -3.76. The highest BCUT2D eigenvalue weighted by Gasteiger charge is 2.11. The van der Waals surface area contributed by atoms with E-state index < -0.39 is 7.60 Å². The summed E-state index contributed by atoms with van der Waals surface area (Å²) < 4.78 is 10.7. The maximum Gasteiger partial charge on any atom is 0.325 e. The van der Waals surface area contributed by atoms with Gasteiger partial charge in [0, 0.05) is 6.16 Å². The molecule has 0 aliphatic rings. The highest BCUT2D eigenvalue weighted by Crippen LogP contribution is 2.35. The van der Waals surface area contributed by atoms with Crippen molar-refractivity contribution in [3.8, 4) is 0 Å². The maximum absolute atomic E-state index is 10.7. The second kappa shape index (κ2) is 11.7. The molecule has 0 aliphatic carbocycles. The quantitative estimate of drug-likeness (QED) is 0.328. The minimum Gasteiger partial charge on any atom is -0.324 e. The number of rotatable bonds is 13. The number of hydrogen-bond donors (Lipinski definition) is 2. The van der Waals surface area contributed by atoms with Crippen molar-refractivity contribution in [1.29, 1.82) is 0 Å². The molecule has 21 heavy (non-hydrogen) atoms. The fourth-order valence-electron chi connectivity index (χ4n) is 2.56. The number of unbranched alkanes of at least 4 members (excludes halogenated alkanes) is 10. The topological polar surface area (TPSA) is 57.5 Å². The maximum atomic E-state index is 10.7. The lowest BCUT2D eigenvalue weighted by atomic mass is 9.89. The second-order valence-corrected chi connectivity index (χ2v) is 9.36. The molecule has 0 unspecified atom stereocenters. The van der Waals surface area contributed by atoms with Crippen LogP contribution in [0.1, 0.15) is 97.8 Å². The summed E-state index contributed by atoms with van der Waals surface area (Å²) >= 11 is 0. The highest BCUT2D eigenvalue weighted by atomic mass is 31.2. The fraction of sp³-hybridized carbons (Fsp3) is 1.00. The Morgan fingerprint density at radius 2 is 1.00 bits per heavy atom. The van der Waals surface area contributed by atoms with Crippen LogP contribution in [0.4, 0.5) is 0 Å². The van der Waals surface area contributed by atoms with Crippen molar-refractivity contribution in [3.63, 3.8) is 0 Å². The SMILES string of the molecule is CC(C)(C)CCCCCCCCCCCCCP(=O)(O)O. The van der Waals surface area contributed by atoms with Crippen LogP contribution in [0.25, 0.3) is 0 Å². The molecule has 0 aromatic heterocycles. The smallest absolute Gasteiger partial charge is 0.324 e. The highest BCUT2D eigenvalue weighted by molar-refractivity contribution is 7.51. The molecule has 0 saturated heterocycles. The molecule has 0 fully saturated rings. The van der Waals surface area contributed by atoms with Gasteiger partial charge < -0.3 is 9.79 Å². The van der Waals surface area contributed by atoms with E-state index in [9.17, 15) is 4.57 Å². The first kappa shape index (κ1) is 21.1. The van der Waals surface area contributed by atoms with Crippen LogP contribution in [-0.4, -0.2) is 15.9 Å². The van der Waals surface area contributed by atoms with Gasteiger partial charge in [0.05, 0.1) is 0 Å². The third kappa shape index (κ3) is 20.1. The summed E-state index contributed by atoms with van der Waals surface area (Å²) in [5.74, 6) is 0. The molecule has 0 aliphatic heterocycles. The predicted molar refractivity (Wildman–Crippen MR) is 91.8 cm³/mol. The van der Waals surface area contributed by atoms with E-state index in [0.29, 0.717) is 11.8 Å². The Balaban J connectivity index is 3.11. The third-order valence-corrected chi connectivity index (χ3v) is 4.77. The van der Waals surface area contributed by atoms with E-state index in [4.69, 9.17) is 9.79 Å². The standard InChI is InChI=1S/C17H37O3P/c1-17(2,3)15-13-11-9-7-5-4-6-8-10-12-14-16-21(18,19)20/h4-16H2,1-3H3,(H2,18,19,20). The van der Waals surface area contributed by atoms with Gasteiger partial charge in [0.1, 0.15) is 0 Å². The van der Waals surface area contributed by atoms with E-state index in [1.54, 1.807) is 0 Å². The normalized spacial score (nSPS) is 12.8. The van der Waals surface area contributed by atoms with Gasteiger partial charge in [-0.2, -0.15) is 0 Å². The van der Waals surface area contributed by atoms with Crippen molar-refractivity contribution >= 4 is 7.60 Å². The molecule has 0 aromatic carbocycles. The van der Waals surface area contributed by atoms with Gasteiger partial charge >= 0.3 is 7.60 Å². The van der Waals surface area contributed by atoms with Gasteiger partial charge in [0.2, 0.25) is 0 Å². The molecule has 0 aromatic rings. The average molecular weight is 320 g/mol. The van der Waals surface area contributed by atoms with Crippen LogP contribution in [0.15, 0.2) is 0 Å². The molecule has 4 heteroatoms. The van der Waals surface area contributed by atoms with E-state index in [1.165, 1.54) is 57.8 Å². The fourth-order valence-corrected chi connectivity index (χ4v) is 3.20. The zero-order valence-corrected chi connectivity index (χ0v) is 15.3. The molecular weight excluding hydrogens is 283 g/mol. The zero-order chi connectivity index (χ0) is 16.2. The molecule has 0 atom stereocenters. The van der Waals surface area contributed by atoms with E-state index in [0.717, 1.165) is 12.8 Å². The molecule has 0 spiro atoms. The Labute approximate surface area is 132 Å². The molecule has 128 valence electrons.